The fourth-order valence-electron chi connectivity index (χ4n) is 6.29. The summed E-state index contributed by atoms with van der Waals surface area (Å²) in [6.07, 6.45) is 13.9. The van der Waals surface area contributed by atoms with Crippen LogP contribution in [0.1, 0.15) is 77.0 Å². The molecule has 0 amide bonds. The predicted molar refractivity (Wildman–Crippen MR) is 137 cm³/mol. The van der Waals surface area contributed by atoms with Crippen molar-refractivity contribution in [1.29, 1.82) is 0 Å². The van der Waals surface area contributed by atoms with E-state index in [-0.39, 0.29) is 11.2 Å². The number of piperazine rings is 1. The molecule has 1 saturated heterocycles. The molecule has 0 spiro atoms. The quantitative estimate of drug-likeness (QED) is 0.426. The molecule has 6 heteroatoms. The predicted octanol–water partition coefficient (Wildman–Crippen LogP) is 6.31. The topological polar surface area (TPSA) is 40.6 Å². The van der Waals surface area contributed by atoms with E-state index in [0.717, 1.165) is 77.2 Å². The molecule has 3 fully saturated rings. The van der Waals surface area contributed by atoms with Gasteiger partial charge in [0.15, 0.2) is 9.84 Å². The van der Waals surface area contributed by atoms with E-state index < -0.39 is 9.84 Å². The zero-order valence-corrected chi connectivity index (χ0v) is 21.6. The van der Waals surface area contributed by atoms with Crippen molar-refractivity contribution in [2.45, 2.75) is 93.2 Å². The summed E-state index contributed by atoms with van der Waals surface area (Å²) in [5.41, 5.74) is 1.24. The van der Waals surface area contributed by atoms with Gasteiger partial charge in [0.25, 0.3) is 0 Å². The molecule has 1 aromatic rings. The highest BCUT2D eigenvalue weighted by Crippen LogP contribution is 2.36. The average Bonchev–Trinajstić information content (AvgIpc) is 2.85. The van der Waals surface area contributed by atoms with Crippen LogP contribution in [-0.2, 0) is 9.84 Å². The first-order valence-electron chi connectivity index (χ1n) is 13.1. The highest BCUT2D eigenvalue weighted by Gasteiger charge is 2.36. The monoisotopic (exact) mass is 492 g/mol. The molecule has 0 radical (unpaired) electrons. The van der Waals surface area contributed by atoms with Crippen molar-refractivity contribution >= 4 is 21.4 Å². The third kappa shape index (κ3) is 6.35. The number of rotatable bonds is 8. The molecule has 1 aromatic carbocycles. The van der Waals surface area contributed by atoms with E-state index in [1.54, 1.807) is 24.3 Å². The molecular weight excluding hydrogens is 452 g/mol. The van der Waals surface area contributed by atoms with Crippen molar-refractivity contribution in [1.82, 2.24) is 9.80 Å². The molecule has 4 rings (SSSR count). The second-order valence-corrected chi connectivity index (χ2v) is 13.0. The maximum Gasteiger partial charge on any atom is 0.181 e. The van der Waals surface area contributed by atoms with Gasteiger partial charge in [0, 0.05) is 42.9 Å². The molecule has 1 unspecified atom stereocenters. The Balaban J connectivity index is 1.25. The van der Waals surface area contributed by atoms with Gasteiger partial charge in [-0.15, -0.1) is 0 Å². The minimum Gasteiger partial charge on any atom is -0.373 e. The zero-order valence-electron chi connectivity index (χ0n) is 20.1. The van der Waals surface area contributed by atoms with Gasteiger partial charge < -0.3 is 4.90 Å². The SMILES string of the molecule is C=C(CCC[C@H]1CCCCC1S(=O)(=O)c1ccc(Cl)cc1)N1CCN(C2CCCCC2)CC1. The van der Waals surface area contributed by atoms with Gasteiger partial charge in [0.05, 0.1) is 10.1 Å². The van der Waals surface area contributed by atoms with Crippen molar-refractivity contribution in [3.63, 3.8) is 0 Å². The van der Waals surface area contributed by atoms with E-state index in [1.165, 1.54) is 37.8 Å². The van der Waals surface area contributed by atoms with Gasteiger partial charge in [-0.25, -0.2) is 8.42 Å². The van der Waals surface area contributed by atoms with Crippen LogP contribution in [0.4, 0.5) is 0 Å². The minimum atomic E-state index is -3.31. The summed E-state index contributed by atoms with van der Waals surface area (Å²) in [6.45, 7) is 8.90. The van der Waals surface area contributed by atoms with Gasteiger partial charge in [0.1, 0.15) is 0 Å². The Morgan fingerprint density at radius 2 is 1.55 bits per heavy atom. The Labute approximate surface area is 206 Å². The summed E-state index contributed by atoms with van der Waals surface area (Å²) >= 11 is 5.98. The molecule has 0 bridgehead atoms. The van der Waals surface area contributed by atoms with Gasteiger partial charge >= 0.3 is 0 Å². The minimum absolute atomic E-state index is 0.246. The molecule has 33 heavy (non-hydrogen) atoms. The average molecular weight is 493 g/mol. The molecule has 2 saturated carbocycles. The lowest BCUT2D eigenvalue weighted by Crippen LogP contribution is -2.50. The second-order valence-electron chi connectivity index (χ2n) is 10.4. The Hall–Kier alpha value is -1.04. The zero-order chi connectivity index (χ0) is 23.3. The first-order valence-corrected chi connectivity index (χ1v) is 15.0. The lowest BCUT2D eigenvalue weighted by molar-refractivity contribution is 0.0926. The highest BCUT2D eigenvalue weighted by molar-refractivity contribution is 7.92. The Bertz CT molecular complexity index is 872. The number of benzene rings is 1. The largest absolute Gasteiger partial charge is 0.373 e. The van der Waals surface area contributed by atoms with Crippen LogP contribution in [0.2, 0.25) is 5.02 Å². The van der Waals surface area contributed by atoms with Crippen LogP contribution in [0.15, 0.2) is 41.4 Å². The van der Waals surface area contributed by atoms with Crippen LogP contribution in [0.25, 0.3) is 0 Å². The molecule has 2 aliphatic carbocycles. The van der Waals surface area contributed by atoms with Crippen molar-refractivity contribution in [2.24, 2.45) is 5.92 Å². The number of hydrogen-bond acceptors (Lipinski definition) is 4. The van der Waals surface area contributed by atoms with Crippen LogP contribution in [0, 0.1) is 5.92 Å². The molecule has 0 N–H and O–H groups in total. The molecule has 184 valence electrons. The van der Waals surface area contributed by atoms with Crippen LogP contribution in [0.5, 0.6) is 0 Å². The maximum absolute atomic E-state index is 13.3. The number of halogens is 1. The molecule has 2 atom stereocenters. The normalized spacial score (nSPS) is 25.8. The van der Waals surface area contributed by atoms with Crippen LogP contribution >= 0.6 is 11.6 Å². The van der Waals surface area contributed by atoms with E-state index in [9.17, 15) is 8.42 Å². The molecule has 3 aliphatic rings. The van der Waals surface area contributed by atoms with E-state index in [2.05, 4.69) is 16.4 Å². The van der Waals surface area contributed by atoms with Crippen molar-refractivity contribution in [2.75, 3.05) is 26.2 Å². The van der Waals surface area contributed by atoms with E-state index in [4.69, 9.17) is 11.6 Å². The van der Waals surface area contributed by atoms with Gasteiger partial charge in [-0.1, -0.05) is 50.3 Å². The second kappa shape index (κ2) is 11.6. The number of nitrogens with zero attached hydrogens (tertiary/aromatic N) is 2. The van der Waals surface area contributed by atoms with Gasteiger partial charge in [0.2, 0.25) is 0 Å². The Morgan fingerprint density at radius 3 is 2.24 bits per heavy atom. The van der Waals surface area contributed by atoms with Crippen LogP contribution in [0.3, 0.4) is 0 Å². The molecular formula is C27H41ClN2O2S. The van der Waals surface area contributed by atoms with E-state index in [1.807, 2.05) is 0 Å². The first kappa shape index (κ1) is 25.1. The number of sulfone groups is 1. The summed E-state index contributed by atoms with van der Waals surface area (Å²) in [5.74, 6) is 0.246. The number of allylic oxidation sites excluding steroid dienone is 1. The summed E-state index contributed by atoms with van der Waals surface area (Å²) < 4.78 is 26.7. The third-order valence-corrected chi connectivity index (χ3v) is 10.9. The fraction of sp³-hybridized carbons (Fsp3) is 0.704. The van der Waals surface area contributed by atoms with E-state index in [0.29, 0.717) is 9.92 Å². The van der Waals surface area contributed by atoms with Crippen molar-refractivity contribution in [3.05, 3.63) is 41.6 Å². The maximum atomic E-state index is 13.3. The Morgan fingerprint density at radius 1 is 0.909 bits per heavy atom. The van der Waals surface area contributed by atoms with Gasteiger partial charge in [-0.05, 0) is 75.1 Å². The molecule has 1 heterocycles. The lowest BCUT2D eigenvalue weighted by Gasteiger charge is -2.42. The van der Waals surface area contributed by atoms with Gasteiger partial charge in [-0.2, -0.15) is 0 Å². The summed E-state index contributed by atoms with van der Waals surface area (Å²) in [7, 11) is -3.31. The molecule has 0 aromatic heterocycles. The van der Waals surface area contributed by atoms with Crippen LogP contribution < -0.4 is 0 Å². The van der Waals surface area contributed by atoms with Crippen LogP contribution in [-0.4, -0.2) is 55.7 Å². The lowest BCUT2D eigenvalue weighted by atomic mass is 9.85. The first-order chi connectivity index (χ1) is 15.9. The molecule has 1 aliphatic heterocycles. The Kier molecular flexibility index (Phi) is 8.81. The highest BCUT2D eigenvalue weighted by atomic mass is 35.5. The number of hydrogen-bond donors (Lipinski definition) is 0. The van der Waals surface area contributed by atoms with Gasteiger partial charge in [-0.3, -0.25) is 4.90 Å². The summed E-state index contributed by atoms with van der Waals surface area (Å²) in [6, 6.07) is 7.50. The fourth-order valence-corrected chi connectivity index (χ4v) is 8.53. The van der Waals surface area contributed by atoms with E-state index >= 15 is 0 Å². The smallest absolute Gasteiger partial charge is 0.181 e. The molecule has 4 nitrogen and oxygen atoms in total. The standard InChI is InChI=1S/C27H41ClN2O2S/c1-22(29-18-20-30(21-19-29)25-11-3-2-4-12-25)8-7-10-23-9-5-6-13-27(23)33(31,32)26-16-14-24(28)15-17-26/h14-17,23,25,27H,1-13,18-21H2/t23-,27?/m1/s1. The van der Waals surface area contributed by atoms with Crippen molar-refractivity contribution in [3.8, 4) is 0 Å². The van der Waals surface area contributed by atoms with Crippen molar-refractivity contribution < 1.29 is 8.42 Å². The summed E-state index contributed by atoms with van der Waals surface area (Å²) in [4.78, 5) is 5.60. The third-order valence-electron chi connectivity index (χ3n) is 8.27. The summed E-state index contributed by atoms with van der Waals surface area (Å²) in [5, 5.41) is 0.312.